The fraction of sp³-hybridized carbons (Fsp3) is 0.588. The van der Waals surface area contributed by atoms with E-state index in [4.69, 9.17) is 9.84 Å². The fourth-order valence-corrected chi connectivity index (χ4v) is 3.76. The molecule has 2 atom stereocenters. The number of benzene rings is 1. The van der Waals surface area contributed by atoms with Crippen LogP contribution in [0.2, 0.25) is 0 Å². The summed E-state index contributed by atoms with van der Waals surface area (Å²) in [5.74, 6) is 0.592. The van der Waals surface area contributed by atoms with Crippen molar-refractivity contribution in [1.82, 2.24) is 4.90 Å². The lowest BCUT2D eigenvalue weighted by Crippen LogP contribution is -2.37. The predicted molar refractivity (Wildman–Crippen MR) is 80.7 cm³/mol. The molecule has 0 aromatic heterocycles. The second-order valence-corrected chi connectivity index (χ2v) is 6.28. The number of carbonyl (C=O) groups is 1. The molecule has 2 aliphatic rings. The Morgan fingerprint density at radius 3 is 3.00 bits per heavy atom. The number of rotatable bonds is 4. The van der Waals surface area contributed by atoms with Crippen LogP contribution in [0, 0.1) is 5.92 Å². The standard InChI is InChI=1S/C17H23NO3/c1-21-16-5-3-13-2-4-15(9-14(13)10-16)18-7-6-12(11-18)8-17(19)20/h3,5,10,12,15H,2,4,6-9,11H2,1H3,(H,19,20). The van der Waals surface area contributed by atoms with E-state index in [1.807, 2.05) is 6.07 Å². The van der Waals surface area contributed by atoms with Crippen molar-refractivity contribution in [2.45, 2.75) is 38.1 Å². The molecule has 3 rings (SSSR count). The van der Waals surface area contributed by atoms with Crippen LogP contribution in [0.25, 0.3) is 0 Å². The summed E-state index contributed by atoms with van der Waals surface area (Å²) in [4.78, 5) is 13.3. The van der Waals surface area contributed by atoms with E-state index in [-0.39, 0.29) is 0 Å². The highest BCUT2D eigenvalue weighted by Crippen LogP contribution is 2.31. The lowest BCUT2D eigenvalue weighted by Gasteiger charge is -2.32. The summed E-state index contributed by atoms with van der Waals surface area (Å²) in [5, 5.41) is 8.93. The van der Waals surface area contributed by atoms with Gasteiger partial charge in [-0.1, -0.05) is 6.07 Å². The Morgan fingerprint density at radius 1 is 1.38 bits per heavy atom. The number of likely N-dealkylation sites (tertiary alicyclic amines) is 1. The van der Waals surface area contributed by atoms with Crippen molar-refractivity contribution in [3.63, 3.8) is 0 Å². The average Bonchev–Trinajstić information content (AvgIpc) is 2.93. The van der Waals surface area contributed by atoms with Crippen LogP contribution in [0.4, 0.5) is 0 Å². The highest BCUT2D eigenvalue weighted by molar-refractivity contribution is 5.67. The Hall–Kier alpha value is -1.55. The van der Waals surface area contributed by atoms with Crippen molar-refractivity contribution < 1.29 is 14.6 Å². The molecule has 21 heavy (non-hydrogen) atoms. The molecule has 0 saturated carbocycles. The van der Waals surface area contributed by atoms with Crippen LogP contribution in [-0.4, -0.2) is 42.2 Å². The van der Waals surface area contributed by atoms with Crippen molar-refractivity contribution in [3.8, 4) is 5.75 Å². The van der Waals surface area contributed by atoms with E-state index < -0.39 is 5.97 Å². The van der Waals surface area contributed by atoms with Crippen molar-refractivity contribution in [3.05, 3.63) is 29.3 Å². The van der Waals surface area contributed by atoms with Gasteiger partial charge >= 0.3 is 5.97 Å². The van der Waals surface area contributed by atoms with Crippen LogP contribution in [0.1, 0.15) is 30.4 Å². The molecule has 1 aliphatic carbocycles. The molecule has 114 valence electrons. The van der Waals surface area contributed by atoms with Gasteiger partial charge in [0, 0.05) is 19.0 Å². The molecule has 1 fully saturated rings. The van der Waals surface area contributed by atoms with Crippen molar-refractivity contribution in [2.24, 2.45) is 5.92 Å². The van der Waals surface area contributed by atoms with E-state index in [1.54, 1.807) is 7.11 Å². The molecule has 1 saturated heterocycles. The Kier molecular flexibility index (Phi) is 4.15. The van der Waals surface area contributed by atoms with Crippen LogP contribution in [0.5, 0.6) is 5.75 Å². The van der Waals surface area contributed by atoms with Gasteiger partial charge in [0.05, 0.1) is 7.11 Å². The van der Waals surface area contributed by atoms with Crippen molar-refractivity contribution >= 4 is 5.97 Å². The molecular weight excluding hydrogens is 266 g/mol. The van der Waals surface area contributed by atoms with Gasteiger partial charge < -0.3 is 9.84 Å². The predicted octanol–water partition coefficient (Wildman–Crippen LogP) is 2.35. The molecule has 1 aliphatic heterocycles. The molecule has 0 spiro atoms. The minimum absolute atomic E-state index is 0.313. The number of hydrogen-bond acceptors (Lipinski definition) is 3. The van der Waals surface area contributed by atoms with Gasteiger partial charge in [0.15, 0.2) is 0 Å². The highest BCUT2D eigenvalue weighted by atomic mass is 16.5. The van der Waals surface area contributed by atoms with Gasteiger partial charge in [-0.3, -0.25) is 9.69 Å². The van der Waals surface area contributed by atoms with E-state index >= 15 is 0 Å². The number of carboxylic acid groups (broad SMARTS) is 1. The monoisotopic (exact) mass is 289 g/mol. The number of ether oxygens (including phenoxy) is 1. The zero-order valence-electron chi connectivity index (χ0n) is 12.5. The van der Waals surface area contributed by atoms with Gasteiger partial charge in [0.1, 0.15) is 5.75 Å². The third-order valence-electron chi connectivity index (χ3n) is 4.91. The van der Waals surface area contributed by atoms with E-state index in [2.05, 4.69) is 17.0 Å². The number of hydrogen-bond donors (Lipinski definition) is 1. The summed E-state index contributed by atoms with van der Waals surface area (Å²) in [5.41, 5.74) is 2.83. The molecule has 4 heteroatoms. The maximum Gasteiger partial charge on any atom is 0.303 e. The van der Waals surface area contributed by atoms with Gasteiger partial charge in [0.2, 0.25) is 0 Å². The third kappa shape index (κ3) is 3.21. The Balaban J connectivity index is 1.65. The second-order valence-electron chi connectivity index (χ2n) is 6.28. The van der Waals surface area contributed by atoms with Gasteiger partial charge in [-0.25, -0.2) is 0 Å². The smallest absolute Gasteiger partial charge is 0.303 e. The molecule has 0 amide bonds. The van der Waals surface area contributed by atoms with E-state index in [9.17, 15) is 4.79 Å². The van der Waals surface area contributed by atoms with Gasteiger partial charge in [0.25, 0.3) is 0 Å². The molecule has 0 bridgehead atoms. The lowest BCUT2D eigenvalue weighted by atomic mass is 9.87. The normalized spacial score (nSPS) is 25.6. The second kappa shape index (κ2) is 6.06. The number of aryl methyl sites for hydroxylation is 1. The van der Waals surface area contributed by atoms with Crippen molar-refractivity contribution in [1.29, 1.82) is 0 Å². The maximum atomic E-state index is 10.8. The SMILES string of the molecule is COc1ccc2c(c1)CC(N1CCC(CC(=O)O)C1)CC2. The number of nitrogens with zero attached hydrogens (tertiary/aromatic N) is 1. The quantitative estimate of drug-likeness (QED) is 0.924. The first kappa shape index (κ1) is 14.4. The Morgan fingerprint density at radius 2 is 2.24 bits per heavy atom. The summed E-state index contributed by atoms with van der Waals surface area (Å²) in [6.07, 6.45) is 4.69. The van der Waals surface area contributed by atoms with E-state index in [0.29, 0.717) is 18.4 Å². The number of carboxylic acids is 1. The summed E-state index contributed by atoms with van der Waals surface area (Å²) >= 11 is 0. The van der Waals surface area contributed by atoms with Gasteiger partial charge in [-0.2, -0.15) is 0 Å². The van der Waals surface area contributed by atoms with Crippen LogP contribution < -0.4 is 4.74 Å². The maximum absolute atomic E-state index is 10.8. The first-order valence-electron chi connectivity index (χ1n) is 7.77. The molecular formula is C17H23NO3. The van der Waals surface area contributed by atoms with Gasteiger partial charge in [-0.15, -0.1) is 0 Å². The van der Waals surface area contributed by atoms with Crippen LogP contribution >= 0.6 is 0 Å². The molecule has 4 nitrogen and oxygen atoms in total. The van der Waals surface area contributed by atoms with Crippen LogP contribution in [-0.2, 0) is 17.6 Å². The lowest BCUT2D eigenvalue weighted by molar-refractivity contribution is -0.138. The van der Waals surface area contributed by atoms with Crippen LogP contribution in [0.3, 0.4) is 0 Å². The summed E-state index contributed by atoms with van der Waals surface area (Å²) in [6.45, 7) is 1.98. The number of methoxy groups -OCH3 is 1. The minimum Gasteiger partial charge on any atom is -0.497 e. The average molecular weight is 289 g/mol. The first-order chi connectivity index (χ1) is 10.2. The number of aliphatic carboxylic acids is 1. The Bertz CT molecular complexity index is 529. The summed E-state index contributed by atoms with van der Waals surface area (Å²) in [6, 6.07) is 6.94. The topological polar surface area (TPSA) is 49.8 Å². The zero-order chi connectivity index (χ0) is 14.8. The molecule has 0 radical (unpaired) electrons. The molecule has 1 heterocycles. The molecule has 1 N–H and O–H groups in total. The van der Waals surface area contributed by atoms with E-state index in [1.165, 1.54) is 17.5 Å². The summed E-state index contributed by atoms with van der Waals surface area (Å²) < 4.78 is 5.32. The first-order valence-corrected chi connectivity index (χ1v) is 7.77. The van der Waals surface area contributed by atoms with Crippen molar-refractivity contribution in [2.75, 3.05) is 20.2 Å². The summed E-state index contributed by atoms with van der Waals surface area (Å²) in [7, 11) is 1.71. The Labute approximate surface area is 125 Å². The van der Waals surface area contributed by atoms with Gasteiger partial charge in [-0.05, 0) is 61.4 Å². The highest BCUT2D eigenvalue weighted by Gasteiger charge is 2.31. The molecule has 2 unspecified atom stereocenters. The molecule has 1 aromatic carbocycles. The van der Waals surface area contributed by atoms with Crippen LogP contribution in [0.15, 0.2) is 18.2 Å². The zero-order valence-corrected chi connectivity index (χ0v) is 12.5. The number of fused-ring (bicyclic) bond motifs is 1. The molecule has 1 aromatic rings. The largest absolute Gasteiger partial charge is 0.497 e. The minimum atomic E-state index is -0.666. The third-order valence-corrected chi connectivity index (χ3v) is 4.91. The van der Waals surface area contributed by atoms with E-state index in [0.717, 1.165) is 38.1 Å². The fourth-order valence-electron chi connectivity index (χ4n) is 3.76.